The van der Waals surface area contributed by atoms with Gasteiger partial charge in [0.15, 0.2) is 0 Å². The summed E-state index contributed by atoms with van der Waals surface area (Å²) in [6.07, 6.45) is 8.87. The van der Waals surface area contributed by atoms with Gasteiger partial charge >= 0.3 is 0 Å². The third-order valence-corrected chi connectivity index (χ3v) is 4.51. The minimum Gasteiger partial charge on any atom is -0.388 e. The maximum atomic E-state index is 7.37. The number of benzene rings is 1. The van der Waals surface area contributed by atoms with Crippen LogP contribution in [0.4, 0.5) is 5.69 Å². The van der Waals surface area contributed by atoms with Crippen LogP contribution in [0.2, 0.25) is 0 Å². The summed E-state index contributed by atoms with van der Waals surface area (Å²) in [4.78, 5) is 7.09. The smallest absolute Gasteiger partial charge is 0.133 e. The van der Waals surface area contributed by atoms with Gasteiger partial charge in [-0.2, -0.15) is 0 Å². The van der Waals surface area contributed by atoms with E-state index in [1.807, 2.05) is 7.05 Å². The monoisotopic (exact) mass is 323 g/mol. The number of nitrogens with zero attached hydrogens (tertiary/aromatic N) is 2. The van der Waals surface area contributed by atoms with Gasteiger partial charge < -0.3 is 20.9 Å². The Kier molecular flexibility index (Phi) is 4.99. The van der Waals surface area contributed by atoms with Gasteiger partial charge in [0, 0.05) is 43.7 Å². The van der Waals surface area contributed by atoms with Crippen LogP contribution in [0, 0.1) is 12.3 Å². The first-order valence-corrected chi connectivity index (χ1v) is 8.53. The third kappa shape index (κ3) is 3.50. The Hall–Kier alpha value is -2.56. The molecule has 3 N–H and O–H groups in total. The molecule has 24 heavy (non-hydrogen) atoms. The Morgan fingerprint density at radius 3 is 2.75 bits per heavy atom. The van der Waals surface area contributed by atoms with Gasteiger partial charge in [-0.1, -0.05) is 6.07 Å². The summed E-state index contributed by atoms with van der Waals surface area (Å²) in [7, 11) is 1.92. The van der Waals surface area contributed by atoms with Crippen molar-refractivity contribution >= 4 is 17.6 Å². The first-order valence-electron chi connectivity index (χ1n) is 8.53. The molecule has 5 heteroatoms. The fourth-order valence-corrected chi connectivity index (χ4v) is 3.14. The molecular weight excluding hydrogens is 298 g/mol. The SMILES string of the molecule is CNc1ccc(C)c(C2=N/C(=C/C=N)NC(N3CCCCC3)=C2)c1. The van der Waals surface area contributed by atoms with E-state index in [1.54, 1.807) is 6.08 Å². The summed E-state index contributed by atoms with van der Waals surface area (Å²) in [6, 6.07) is 6.32. The van der Waals surface area contributed by atoms with E-state index in [1.165, 1.54) is 31.0 Å². The van der Waals surface area contributed by atoms with Gasteiger partial charge in [-0.15, -0.1) is 0 Å². The normalized spacial score (nSPS) is 19.4. The molecule has 2 aliphatic heterocycles. The predicted octanol–water partition coefficient (Wildman–Crippen LogP) is 3.25. The van der Waals surface area contributed by atoms with E-state index >= 15 is 0 Å². The third-order valence-electron chi connectivity index (χ3n) is 4.51. The highest BCUT2D eigenvalue weighted by molar-refractivity contribution is 6.11. The molecule has 3 rings (SSSR count). The largest absolute Gasteiger partial charge is 0.388 e. The first-order chi connectivity index (χ1) is 11.7. The molecule has 1 saturated heterocycles. The summed E-state index contributed by atoms with van der Waals surface area (Å²) in [6.45, 7) is 4.24. The fraction of sp³-hybridized carbons (Fsp3) is 0.368. The van der Waals surface area contributed by atoms with E-state index in [2.05, 4.69) is 46.7 Å². The second kappa shape index (κ2) is 7.34. The van der Waals surface area contributed by atoms with Crippen LogP contribution in [0.5, 0.6) is 0 Å². The minimum atomic E-state index is 0.720. The van der Waals surface area contributed by atoms with Gasteiger partial charge in [0.2, 0.25) is 0 Å². The lowest BCUT2D eigenvalue weighted by atomic mass is 10.0. The maximum Gasteiger partial charge on any atom is 0.133 e. The highest BCUT2D eigenvalue weighted by atomic mass is 15.3. The molecule has 0 amide bonds. The summed E-state index contributed by atoms with van der Waals surface area (Å²) >= 11 is 0. The van der Waals surface area contributed by atoms with Crippen molar-refractivity contribution in [3.05, 3.63) is 53.1 Å². The minimum absolute atomic E-state index is 0.720. The maximum absolute atomic E-state index is 7.37. The van der Waals surface area contributed by atoms with Crippen LogP contribution in [0.1, 0.15) is 30.4 Å². The second-order valence-corrected chi connectivity index (χ2v) is 6.20. The van der Waals surface area contributed by atoms with Gasteiger partial charge in [-0.05, 0) is 50.0 Å². The van der Waals surface area contributed by atoms with Crippen LogP contribution in [0.25, 0.3) is 0 Å². The summed E-state index contributed by atoms with van der Waals surface area (Å²) in [5.41, 5.74) is 4.33. The average molecular weight is 323 g/mol. The lowest BCUT2D eigenvalue weighted by Gasteiger charge is -2.33. The molecule has 0 spiro atoms. The molecule has 126 valence electrons. The highest BCUT2D eigenvalue weighted by Crippen LogP contribution is 2.22. The van der Waals surface area contributed by atoms with Crippen molar-refractivity contribution < 1.29 is 0 Å². The number of likely N-dealkylation sites (tertiary alicyclic amines) is 1. The Morgan fingerprint density at radius 2 is 2.04 bits per heavy atom. The Morgan fingerprint density at radius 1 is 1.25 bits per heavy atom. The quantitative estimate of drug-likeness (QED) is 0.745. The standard InChI is InChI=1S/C19H25N5/c1-14-6-7-15(21-2)12-16(14)17-13-19(23-18(22-17)8-9-20)24-10-4-3-5-11-24/h6-9,12-13,20-21,23H,3-5,10-11H2,1-2H3/b18-8-,20-9?. The number of hydrogen-bond donors (Lipinski definition) is 3. The fourth-order valence-electron chi connectivity index (χ4n) is 3.14. The number of nitrogens with one attached hydrogen (secondary N) is 3. The predicted molar refractivity (Wildman–Crippen MR) is 101 cm³/mol. The van der Waals surface area contributed by atoms with Gasteiger partial charge in [-0.25, -0.2) is 4.99 Å². The Balaban J connectivity index is 2.01. The molecular formula is C19H25N5. The molecule has 0 atom stereocenters. The molecule has 2 heterocycles. The van der Waals surface area contributed by atoms with Crippen molar-refractivity contribution in [3.8, 4) is 0 Å². The van der Waals surface area contributed by atoms with Crippen LogP contribution in [-0.4, -0.2) is 37.0 Å². The molecule has 1 aromatic rings. The van der Waals surface area contributed by atoms with Crippen LogP contribution in [-0.2, 0) is 0 Å². The number of aliphatic imine (C=N–C) groups is 1. The molecule has 0 unspecified atom stereocenters. The summed E-state index contributed by atoms with van der Waals surface area (Å²) < 4.78 is 0. The number of anilines is 1. The molecule has 0 saturated carbocycles. The number of hydrogen-bond acceptors (Lipinski definition) is 5. The van der Waals surface area contributed by atoms with Crippen LogP contribution in [0.3, 0.4) is 0 Å². The van der Waals surface area contributed by atoms with Crippen molar-refractivity contribution in [2.45, 2.75) is 26.2 Å². The van der Waals surface area contributed by atoms with Crippen LogP contribution in [0.15, 0.2) is 47.0 Å². The number of aryl methyl sites for hydroxylation is 1. The molecule has 0 aromatic heterocycles. The number of allylic oxidation sites excluding steroid dienone is 2. The summed E-state index contributed by atoms with van der Waals surface area (Å²) in [5.74, 6) is 1.80. The molecule has 0 bridgehead atoms. The van der Waals surface area contributed by atoms with Crippen molar-refractivity contribution in [2.24, 2.45) is 4.99 Å². The van der Waals surface area contributed by atoms with Crippen LogP contribution >= 0.6 is 0 Å². The van der Waals surface area contributed by atoms with Crippen molar-refractivity contribution in [1.29, 1.82) is 5.41 Å². The zero-order valence-electron chi connectivity index (χ0n) is 14.4. The molecule has 1 fully saturated rings. The molecule has 2 aliphatic rings. The van der Waals surface area contributed by atoms with Gasteiger partial charge in [0.05, 0.1) is 5.71 Å². The van der Waals surface area contributed by atoms with Crippen LogP contribution < -0.4 is 10.6 Å². The highest BCUT2D eigenvalue weighted by Gasteiger charge is 2.19. The lowest BCUT2D eigenvalue weighted by Crippen LogP contribution is -2.37. The van der Waals surface area contributed by atoms with E-state index < -0.39 is 0 Å². The van der Waals surface area contributed by atoms with E-state index in [0.717, 1.165) is 41.7 Å². The van der Waals surface area contributed by atoms with Crippen molar-refractivity contribution in [2.75, 3.05) is 25.5 Å². The Labute approximate surface area is 143 Å². The zero-order chi connectivity index (χ0) is 16.9. The molecule has 0 aliphatic carbocycles. The molecule has 1 aromatic carbocycles. The van der Waals surface area contributed by atoms with Gasteiger partial charge in [-0.3, -0.25) is 0 Å². The topological polar surface area (TPSA) is 63.5 Å². The van der Waals surface area contributed by atoms with Gasteiger partial charge in [0.25, 0.3) is 0 Å². The second-order valence-electron chi connectivity index (χ2n) is 6.20. The average Bonchev–Trinajstić information content (AvgIpc) is 2.63. The molecule has 0 radical (unpaired) electrons. The number of rotatable bonds is 4. The number of piperidine rings is 1. The van der Waals surface area contributed by atoms with E-state index in [4.69, 9.17) is 10.4 Å². The van der Waals surface area contributed by atoms with E-state index in [9.17, 15) is 0 Å². The van der Waals surface area contributed by atoms with E-state index in [-0.39, 0.29) is 0 Å². The first kappa shape index (κ1) is 16.3. The summed E-state index contributed by atoms with van der Waals surface area (Å²) in [5, 5.41) is 13.9. The van der Waals surface area contributed by atoms with Crippen molar-refractivity contribution in [1.82, 2.24) is 10.2 Å². The van der Waals surface area contributed by atoms with Gasteiger partial charge in [0.1, 0.15) is 11.6 Å². The van der Waals surface area contributed by atoms with Crippen molar-refractivity contribution in [3.63, 3.8) is 0 Å². The lowest BCUT2D eigenvalue weighted by molar-refractivity contribution is 0.272. The zero-order valence-corrected chi connectivity index (χ0v) is 14.4. The Bertz CT molecular complexity index is 708. The van der Waals surface area contributed by atoms with E-state index in [0.29, 0.717) is 0 Å². The molecule has 5 nitrogen and oxygen atoms in total.